The standard InChI is InChI=1S/C15H16N2O3S2/c18-15(16-12-6-2-1-3-7-12)13-8-4-10-17(13)22(19,20)14-9-5-11-21-14/h1-3,5-7,9,11,13H,4,8,10H2,(H,16,18)/t13-/m1/s1. The first-order valence-corrected chi connectivity index (χ1v) is 9.32. The highest BCUT2D eigenvalue weighted by molar-refractivity contribution is 7.91. The average Bonchev–Trinajstić information content (AvgIpc) is 3.20. The van der Waals surface area contributed by atoms with E-state index < -0.39 is 16.1 Å². The van der Waals surface area contributed by atoms with Crippen LogP contribution in [0.15, 0.2) is 52.1 Å². The summed E-state index contributed by atoms with van der Waals surface area (Å²) < 4.78 is 26.8. The van der Waals surface area contributed by atoms with Crippen LogP contribution in [0.2, 0.25) is 0 Å². The number of rotatable bonds is 4. The summed E-state index contributed by atoms with van der Waals surface area (Å²) in [6.45, 7) is 0.382. The van der Waals surface area contributed by atoms with Crippen molar-refractivity contribution in [1.82, 2.24) is 4.31 Å². The molecule has 1 aliphatic heterocycles. The molecule has 0 spiro atoms. The molecule has 1 aromatic carbocycles. The largest absolute Gasteiger partial charge is 0.325 e. The lowest BCUT2D eigenvalue weighted by Gasteiger charge is -2.22. The topological polar surface area (TPSA) is 66.5 Å². The molecule has 116 valence electrons. The number of nitrogens with one attached hydrogen (secondary N) is 1. The predicted octanol–water partition coefficient (Wildman–Crippen LogP) is 2.54. The van der Waals surface area contributed by atoms with Gasteiger partial charge in [-0.05, 0) is 36.4 Å². The second kappa shape index (κ2) is 6.20. The van der Waals surface area contributed by atoms with Gasteiger partial charge in [0.1, 0.15) is 10.3 Å². The van der Waals surface area contributed by atoms with Crippen molar-refractivity contribution in [3.8, 4) is 0 Å². The summed E-state index contributed by atoms with van der Waals surface area (Å²) in [5.41, 5.74) is 0.674. The van der Waals surface area contributed by atoms with E-state index in [0.29, 0.717) is 25.1 Å². The molecular formula is C15H16N2O3S2. The van der Waals surface area contributed by atoms with Crippen molar-refractivity contribution in [2.45, 2.75) is 23.1 Å². The number of hydrogen-bond acceptors (Lipinski definition) is 4. The summed E-state index contributed by atoms with van der Waals surface area (Å²) in [6, 6.07) is 11.7. The van der Waals surface area contributed by atoms with Crippen LogP contribution in [-0.2, 0) is 14.8 Å². The summed E-state index contributed by atoms with van der Waals surface area (Å²) in [5.74, 6) is -0.274. The number of carbonyl (C=O) groups excluding carboxylic acids is 1. The van der Waals surface area contributed by atoms with Crippen molar-refractivity contribution in [1.29, 1.82) is 0 Å². The summed E-state index contributed by atoms with van der Waals surface area (Å²) in [4.78, 5) is 12.4. The Morgan fingerprint density at radius 3 is 2.64 bits per heavy atom. The van der Waals surface area contributed by atoms with Gasteiger partial charge in [-0.1, -0.05) is 24.3 Å². The van der Waals surface area contributed by atoms with Crippen LogP contribution in [0.4, 0.5) is 5.69 Å². The van der Waals surface area contributed by atoms with Gasteiger partial charge in [0, 0.05) is 12.2 Å². The van der Waals surface area contributed by atoms with Gasteiger partial charge < -0.3 is 5.32 Å². The molecule has 0 bridgehead atoms. The van der Waals surface area contributed by atoms with E-state index in [-0.39, 0.29) is 10.1 Å². The molecule has 1 saturated heterocycles. The maximum Gasteiger partial charge on any atom is 0.253 e. The third kappa shape index (κ3) is 2.92. The van der Waals surface area contributed by atoms with Crippen LogP contribution < -0.4 is 5.32 Å². The lowest BCUT2D eigenvalue weighted by atomic mass is 10.2. The monoisotopic (exact) mass is 336 g/mol. The molecular weight excluding hydrogens is 320 g/mol. The number of sulfonamides is 1. The fourth-order valence-corrected chi connectivity index (χ4v) is 5.34. The molecule has 1 atom stereocenters. The highest BCUT2D eigenvalue weighted by atomic mass is 32.2. The quantitative estimate of drug-likeness (QED) is 0.933. The van der Waals surface area contributed by atoms with E-state index >= 15 is 0 Å². The van der Waals surface area contributed by atoms with Gasteiger partial charge in [-0.3, -0.25) is 4.79 Å². The zero-order valence-corrected chi connectivity index (χ0v) is 13.4. The van der Waals surface area contributed by atoms with Crippen LogP contribution in [0, 0.1) is 0 Å². The molecule has 0 unspecified atom stereocenters. The molecule has 0 aliphatic carbocycles. The lowest BCUT2D eigenvalue weighted by molar-refractivity contribution is -0.119. The molecule has 0 radical (unpaired) electrons. The molecule has 1 fully saturated rings. The summed E-state index contributed by atoms with van der Waals surface area (Å²) in [7, 11) is -3.59. The van der Waals surface area contributed by atoms with Gasteiger partial charge in [-0.25, -0.2) is 8.42 Å². The molecule has 2 aromatic rings. The minimum Gasteiger partial charge on any atom is -0.325 e. The molecule has 1 aliphatic rings. The van der Waals surface area contributed by atoms with Crippen LogP contribution in [0.3, 0.4) is 0 Å². The number of thiophene rings is 1. The highest BCUT2D eigenvalue weighted by Gasteiger charge is 2.39. The van der Waals surface area contributed by atoms with Crippen LogP contribution in [0.5, 0.6) is 0 Å². The number of amides is 1. The minimum absolute atomic E-state index is 0.274. The van der Waals surface area contributed by atoms with E-state index in [0.717, 1.165) is 0 Å². The molecule has 2 heterocycles. The third-order valence-electron chi connectivity index (χ3n) is 3.61. The van der Waals surface area contributed by atoms with Gasteiger partial charge in [0.25, 0.3) is 10.0 Å². The van der Waals surface area contributed by atoms with Crippen molar-refractivity contribution in [2.24, 2.45) is 0 Å². The fraction of sp³-hybridized carbons (Fsp3) is 0.267. The first kappa shape index (κ1) is 15.2. The maximum absolute atomic E-state index is 12.6. The molecule has 22 heavy (non-hydrogen) atoms. The van der Waals surface area contributed by atoms with E-state index in [4.69, 9.17) is 0 Å². The smallest absolute Gasteiger partial charge is 0.253 e. The number of carbonyl (C=O) groups is 1. The molecule has 7 heteroatoms. The zero-order valence-electron chi connectivity index (χ0n) is 11.8. The molecule has 1 amide bonds. The fourth-order valence-electron chi connectivity index (χ4n) is 2.56. The Morgan fingerprint density at radius 1 is 1.18 bits per heavy atom. The SMILES string of the molecule is O=C(Nc1ccccc1)[C@H]1CCCN1S(=O)(=O)c1cccs1. The molecule has 5 nitrogen and oxygen atoms in total. The van der Waals surface area contributed by atoms with Crippen LogP contribution in [0.1, 0.15) is 12.8 Å². The van der Waals surface area contributed by atoms with Gasteiger partial charge in [0.2, 0.25) is 5.91 Å². The highest BCUT2D eigenvalue weighted by Crippen LogP contribution is 2.29. The molecule has 1 aromatic heterocycles. The number of anilines is 1. The number of benzene rings is 1. The molecule has 1 N–H and O–H groups in total. The Morgan fingerprint density at radius 2 is 1.95 bits per heavy atom. The van der Waals surface area contributed by atoms with Crippen molar-refractivity contribution in [3.63, 3.8) is 0 Å². The first-order chi connectivity index (χ1) is 10.6. The zero-order chi connectivity index (χ0) is 15.6. The van der Waals surface area contributed by atoms with Gasteiger partial charge >= 0.3 is 0 Å². The second-order valence-corrected chi connectivity index (χ2v) is 8.13. The van der Waals surface area contributed by atoms with E-state index in [1.807, 2.05) is 18.2 Å². The maximum atomic E-state index is 12.6. The van der Waals surface area contributed by atoms with Gasteiger partial charge in [-0.2, -0.15) is 4.31 Å². The molecule has 3 rings (SSSR count). The Kier molecular flexibility index (Phi) is 4.28. The van der Waals surface area contributed by atoms with Gasteiger partial charge in [0.05, 0.1) is 0 Å². The molecule has 0 saturated carbocycles. The Hall–Kier alpha value is -1.70. The second-order valence-electron chi connectivity index (χ2n) is 5.06. The van der Waals surface area contributed by atoms with E-state index in [2.05, 4.69) is 5.32 Å². The van der Waals surface area contributed by atoms with E-state index in [9.17, 15) is 13.2 Å². The van der Waals surface area contributed by atoms with Crippen LogP contribution in [0.25, 0.3) is 0 Å². The Balaban J connectivity index is 1.80. The Labute approximate surface area is 133 Å². The van der Waals surface area contributed by atoms with Crippen molar-refractivity contribution >= 4 is 33.0 Å². The van der Waals surface area contributed by atoms with Crippen LogP contribution >= 0.6 is 11.3 Å². The van der Waals surface area contributed by atoms with Crippen molar-refractivity contribution in [2.75, 3.05) is 11.9 Å². The number of hydrogen-bond donors (Lipinski definition) is 1. The summed E-state index contributed by atoms with van der Waals surface area (Å²) in [6.07, 6.45) is 1.24. The van der Waals surface area contributed by atoms with Gasteiger partial charge in [-0.15, -0.1) is 11.3 Å². The van der Waals surface area contributed by atoms with E-state index in [1.165, 1.54) is 15.6 Å². The summed E-state index contributed by atoms with van der Waals surface area (Å²) in [5, 5.41) is 4.51. The van der Waals surface area contributed by atoms with Crippen LogP contribution in [-0.4, -0.2) is 31.2 Å². The number of nitrogens with zero attached hydrogens (tertiary/aromatic N) is 1. The van der Waals surface area contributed by atoms with Gasteiger partial charge in [0.15, 0.2) is 0 Å². The lowest BCUT2D eigenvalue weighted by Crippen LogP contribution is -2.42. The summed E-state index contributed by atoms with van der Waals surface area (Å²) >= 11 is 1.17. The minimum atomic E-state index is -3.59. The Bertz CT molecular complexity index is 742. The van der Waals surface area contributed by atoms with E-state index in [1.54, 1.807) is 29.6 Å². The first-order valence-electron chi connectivity index (χ1n) is 7.00. The van der Waals surface area contributed by atoms with Crippen molar-refractivity contribution < 1.29 is 13.2 Å². The van der Waals surface area contributed by atoms with Crippen molar-refractivity contribution in [3.05, 3.63) is 47.8 Å². The average molecular weight is 336 g/mol. The number of para-hydroxylation sites is 1. The predicted molar refractivity (Wildman–Crippen MR) is 86.3 cm³/mol. The third-order valence-corrected chi connectivity index (χ3v) is 6.89. The normalized spacial score (nSPS) is 19.2.